The Bertz CT molecular complexity index is 325. The first-order chi connectivity index (χ1) is 8.26. The van der Waals surface area contributed by atoms with Crippen LogP contribution in [0, 0.1) is 0 Å². The molecule has 3 saturated heterocycles. The van der Waals surface area contributed by atoms with Crippen molar-refractivity contribution in [2.45, 2.75) is 62.6 Å². The lowest BCUT2D eigenvalue weighted by molar-refractivity contribution is -0.558. The predicted octanol–water partition coefficient (Wildman–Crippen LogP) is 0.615. The number of hydrogen-bond acceptors (Lipinski definition) is 3. The van der Waals surface area contributed by atoms with Gasteiger partial charge in [-0.15, -0.1) is 0 Å². The van der Waals surface area contributed by atoms with Gasteiger partial charge in [-0.1, -0.05) is 50.2 Å². The van der Waals surface area contributed by atoms with E-state index >= 15 is 0 Å². The van der Waals surface area contributed by atoms with Crippen LogP contribution in [0.1, 0.15) is 44.9 Å². The lowest BCUT2D eigenvalue weighted by atomic mass is 9.28. The molecule has 3 heterocycles. The Balaban J connectivity index is 1.86. The minimum absolute atomic E-state index is 0.143. The van der Waals surface area contributed by atoms with Gasteiger partial charge in [-0.2, -0.15) is 0 Å². The fourth-order valence-electron chi connectivity index (χ4n) is 4.55. The van der Waals surface area contributed by atoms with E-state index in [1.165, 1.54) is 38.5 Å². The van der Waals surface area contributed by atoms with E-state index in [0.717, 1.165) is 6.29 Å². The first kappa shape index (κ1) is 11.3. The Morgan fingerprint density at radius 1 is 1.24 bits per heavy atom. The zero-order valence-electron chi connectivity index (χ0n) is 10.1. The van der Waals surface area contributed by atoms with Crippen LogP contribution in [0.25, 0.3) is 0 Å². The number of hydrogen-bond donors (Lipinski definition) is 1. The monoisotopic (exact) mass is 237 g/mol. The Morgan fingerprint density at radius 2 is 1.82 bits per heavy atom. The van der Waals surface area contributed by atoms with Crippen LogP contribution in [0.5, 0.6) is 0 Å². The number of quaternary nitrogens is 1. The van der Waals surface area contributed by atoms with Gasteiger partial charge in [0.05, 0.1) is 6.42 Å². The van der Waals surface area contributed by atoms with Crippen LogP contribution in [-0.2, 0) is 14.2 Å². The molecule has 0 aliphatic carbocycles. The first-order valence-electron chi connectivity index (χ1n) is 6.95. The van der Waals surface area contributed by atoms with E-state index in [0.29, 0.717) is 18.1 Å². The second kappa shape index (κ2) is 4.12. The van der Waals surface area contributed by atoms with Gasteiger partial charge in [0.15, 0.2) is 0 Å². The maximum atomic E-state index is 11.9. The Kier molecular flexibility index (Phi) is 2.73. The summed E-state index contributed by atoms with van der Waals surface area (Å²) in [6.45, 7) is -1.05. The van der Waals surface area contributed by atoms with Crippen molar-refractivity contribution in [3.63, 3.8) is 0 Å². The van der Waals surface area contributed by atoms with Gasteiger partial charge in [-0.05, 0) is 0 Å². The Morgan fingerprint density at radius 3 is 2.35 bits per heavy atom. The van der Waals surface area contributed by atoms with Crippen molar-refractivity contribution in [1.29, 1.82) is 0 Å². The van der Waals surface area contributed by atoms with Crippen molar-refractivity contribution >= 4 is 18.7 Å². The molecule has 1 atom stereocenters. The van der Waals surface area contributed by atoms with Crippen LogP contribution in [0.4, 0.5) is 0 Å². The molecule has 4 nitrogen and oxygen atoms in total. The van der Waals surface area contributed by atoms with Crippen molar-refractivity contribution in [2.24, 2.45) is 0 Å². The van der Waals surface area contributed by atoms with Gasteiger partial charge in [-0.25, -0.2) is 0 Å². The van der Waals surface area contributed by atoms with Crippen LogP contribution in [0.2, 0.25) is 11.6 Å². The molecule has 0 aromatic carbocycles. The van der Waals surface area contributed by atoms with Gasteiger partial charge in [0, 0.05) is 0 Å². The summed E-state index contributed by atoms with van der Waals surface area (Å²) in [5.41, 5.74) is 0. The van der Waals surface area contributed by atoms with Gasteiger partial charge in [0.2, 0.25) is 0 Å². The van der Waals surface area contributed by atoms with E-state index in [2.05, 4.69) is 5.23 Å². The molecule has 94 valence electrons. The minimum atomic E-state index is -1.05. The van der Waals surface area contributed by atoms with Crippen LogP contribution in [0.15, 0.2) is 0 Å². The fraction of sp³-hybridized carbons (Fsp3) is 0.833. The van der Waals surface area contributed by atoms with Crippen LogP contribution in [0.3, 0.4) is 0 Å². The third-order valence-electron chi connectivity index (χ3n) is 5.28. The summed E-state index contributed by atoms with van der Waals surface area (Å²) >= 11 is 0. The normalized spacial score (nSPS) is 44.7. The number of aldehydes is 1. The average molecular weight is 237 g/mol. The average Bonchev–Trinajstić information content (AvgIpc) is 2.56. The highest BCUT2D eigenvalue weighted by molar-refractivity contribution is 6.71. The molecule has 0 saturated carbocycles. The summed E-state index contributed by atoms with van der Waals surface area (Å²) in [4.78, 5) is 22.5. The quantitative estimate of drug-likeness (QED) is 0.565. The van der Waals surface area contributed by atoms with Crippen LogP contribution in [-0.4, -0.2) is 24.8 Å². The van der Waals surface area contributed by atoms with E-state index in [1.807, 2.05) is 0 Å². The molecule has 1 spiro atoms. The lowest BCUT2D eigenvalue weighted by Crippen LogP contribution is -3.04. The molecule has 2 bridgehead atoms. The summed E-state index contributed by atoms with van der Waals surface area (Å²) in [5.74, 6) is 1.00. The molecule has 0 amide bonds. The summed E-state index contributed by atoms with van der Waals surface area (Å²) < 4.78 is 5.83. The van der Waals surface area contributed by atoms with E-state index in [-0.39, 0.29) is 12.0 Å². The maximum Gasteiger partial charge on any atom is 0.389 e. The molecule has 3 aliphatic heterocycles. The van der Waals surface area contributed by atoms with E-state index in [9.17, 15) is 9.59 Å². The van der Waals surface area contributed by atoms with Gasteiger partial charge in [-0.3, -0.25) is 4.79 Å². The first-order valence-corrected chi connectivity index (χ1v) is 6.95. The molecule has 0 aromatic heterocycles. The molecule has 3 rings (SSSR count). The molecule has 3 fully saturated rings. The topological polar surface area (TPSA) is 60.0 Å². The number of carbonyl (C=O) groups is 2. The van der Waals surface area contributed by atoms with E-state index in [1.54, 1.807) is 0 Å². The molecule has 0 radical (unpaired) electrons. The number of rotatable bonds is 2. The van der Waals surface area contributed by atoms with Crippen molar-refractivity contribution in [3.05, 3.63) is 0 Å². The van der Waals surface area contributed by atoms with E-state index in [4.69, 9.17) is 4.65 Å². The van der Waals surface area contributed by atoms with E-state index < -0.39 is 6.48 Å². The summed E-state index contributed by atoms with van der Waals surface area (Å²) in [6.07, 6.45) is 8.52. The van der Waals surface area contributed by atoms with Crippen LogP contribution >= 0.6 is 0 Å². The number of nitrogens with two attached hydrogens (primary N) is 1. The second-order valence-corrected chi connectivity index (χ2v) is 6.01. The van der Waals surface area contributed by atoms with Gasteiger partial charge in [0.1, 0.15) is 12.3 Å². The molecule has 5 heteroatoms. The highest BCUT2D eigenvalue weighted by Crippen LogP contribution is 2.51. The zero-order valence-corrected chi connectivity index (χ0v) is 10.1. The summed E-state index contributed by atoms with van der Waals surface area (Å²) in [5, 5.41) is 2.14. The van der Waals surface area contributed by atoms with Gasteiger partial charge >= 0.3 is 12.5 Å². The maximum absolute atomic E-state index is 11.9. The third-order valence-corrected chi connectivity index (χ3v) is 5.28. The molecular formula is C12H20BNO3. The van der Waals surface area contributed by atoms with Gasteiger partial charge in [0.25, 0.3) is 0 Å². The molecule has 0 aromatic rings. The molecule has 1 unspecified atom stereocenters. The number of carbonyl (C=O) groups excluding carboxylic acids is 2. The largest absolute Gasteiger partial charge is 0.634 e. The summed E-state index contributed by atoms with van der Waals surface area (Å²) in [6, 6.07) is -0.256. The smallest absolute Gasteiger partial charge is 0.389 e. The van der Waals surface area contributed by atoms with Crippen molar-refractivity contribution in [3.8, 4) is 0 Å². The van der Waals surface area contributed by atoms with Crippen molar-refractivity contribution in [2.75, 3.05) is 0 Å². The molecule has 3 aliphatic rings. The standard InChI is InChI=1S/C12H20BNO3/c15-8-7-11-12(16)17-13(14-11)9-3-1-4-10(13)6-2-5-9/h8-11H,1-7,14H2. The SMILES string of the molecule is O=CCC1[NH2+][B-]2(OC1=O)C1CCCC2CCC1. The lowest BCUT2D eigenvalue weighted by Gasteiger charge is -2.50. The van der Waals surface area contributed by atoms with Gasteiger partial charge < -0.3 is 14.7 Å². The molecule has 2 N–H and O–H groups in total. The Hall–Kier alpha value is -0.835. The third kappa shape index (κ3) is 1.63. The predicted molar refractivity (Wildman–Crippen MR) is 63.4 cm³/mol. The summed E-state index contributed by atoms with van der Waals surface area (Å²) in [7, 11) is 0. The fourth-order valence-corrected chi connectivity index (χ4v) is 4.55. The molecule has 17 heavy (non-hydrogen) atoms. The van der Waals surface area contributed by atoms with Crippen molar-refractivity contribution < 1.29 is 19.5 Å². The highest BCUT2D eigenvalue weighted by atomic mass is 16.5. The zero-order chi connectivity index (χ0) is 11.9. The minimum Gasteiger partial charge on any atom is -0.634 e. The van der Waals surface area contributed by atoms with Crippen molar-refractivity contribution in [1.82, 2.24) is 0 Å². The second-order valence-electron chi connectivity index (χ2n) is 6.01. The van der Waals surface area contributed by atoms with Crippen LogP contribution < -0.4 is 5.23 Å². The molecular weight excluding hydrogens is 217 g/mol. The Labute approximate surface area is 101 Å². The highest BCUT2D eigenvalue weighted by Gasteiger charge is 2.59.